The van der Waals surface area contributed by atoms with E-state index in [-0.39, 0.29) is 4.84 Å². The van der Waals surface area contributed by atoms with Crippen molar-refractivity contribution >= 4 is 29.0 Å². The highest BCUT2D eigenvalue weighted by molar-refractivity contribution is 6.44. The number of halogens is 2. The molecule has 3 heteroatoms. The van der Waals surface area contributed by atoms with Crippen LogP contribution in [0.5, 0.6) is 0 Å². The number of hydrogen-bond donors (Lipinski definition) is 0. The van der Waals surface area contributed by atoms with Gasteiger partial charge in [-0.1, -0.05) is 19.3 Å². The van der Waals surface area contributed by atoms with E-state index in [4.69, 9.17) is 23.2 Å². The summed E-state index contributed by atoms with van der Waals surface area (Å²) >= 11 is 11.1. The molecule has 1 nitrogen and oxygen atoms in total. The first kappa shape index (κ1) is 11.3. The van der Waals surface area contributed by atoms with Crippen molar-refractivity contribution in [2.24, 2.45) is 5.92 Å². The van der Waals surface area contributed by atoms with Crippen molar-refractivity contribution in [1.29, 1.82) is 0 Å². The molecular weight excluding hydrogens is 207 g/mol. The van der Waals surface area contributed by atoms with Crippen LogP contribution in [0.3, 0.4) is 0 Å². The molecule has 0 N–H and O–H groups in total. The van der Waals surface area contributed by atoms with Gasteiger partial charge in [-0.25, -0.2) is 0 Å². The van der Waals surface area contributed by atoms with Crippen molar-refractivity contribution in [1.82, 2.24) is 0 Å². The van der Waals surface area contributed by atoms with Gasteiger partial charge in [-0.2, -0.15) is 0 Å². The number of carbonyl (C=O) groups is 1. The fraction of sp³-hybridized carbons (Fsp3) is 0.900. The van der Waals surface area contributed by atoms with Crippen LogP contribution >= 0.6 is 23.2 Å². The number of hydrogen-bond acceptors (Lipinski definition) is 1. The van der Waals surface area contributed by atoms with Gasteiger partial charge in [-0.15, -0.1) is 23.2 Å². The Labute approximate surface area is 89.8 Å². The molecule has 1 saturated carbocycles. The molecule has 1 aliphatic carbocycles. The van der Waals surface area contributed by atoms with Crippen LogP contribution in [0.4, 0.5) is 0 Å². The molecular formula is C10H16Cl2O. The molecule has 0 aromatic rings. The topological polar surface area (TPSA) is 17.1 Å². The molecule has 0 heterocycles. The van der Waals surface area contributed by atoms with Crippen LogP contribution in [0.15, 0.2) is 0 Å². The zero-order chi connectivity index (χ0) is 9.68. The molecule has 0 saturated heterocycles. The average Bonchev–Trinajstić information content (AvgIpc) is 2.15. The van der Waals surface area contributed by atoms with E-state index in [0.29, 0.717) is 24.5 Å². The largest absolute Gasteiger partial charge is 0.299 e. The van der Waals surface area contributed by atoms with E-state index in [1.165, 1.54) is 19.3 Å². The maximum atomic E-state index is 11.6. The van der Waals surface area contributed by atoms with E-state index in [2.05, 4.69) is 0 Å². The lowest BCUT2D eigenvalue weighted by atomic mass is 9.85. The van der Waals surface area contributed by atoms with Gasteiger partial charge in [-0.3, -0.25) is 4.79 Å². The van der Waals surface area contributed by atoms with Crippen LogP contribution < -0.4 is 0 Å². The van der Waals surface area contributed by atoms with Crippen molar-refractivity contribution in [3.8, 4) is 0 Å². The molecule has 0 unspecified atom stereocenters. The number of carbonyl (C=O) groups excluding carboxylic acids is 1. The standard InChI is InChI=1S/C10H16Cl2O/c11-10(12)7-6-9(13)8-4-2-1-3-5-8/h8,10H,1-7H2. The Kier molecular flexibility index (Phi) is 5.12. The summed E-state index contributed by atoms with van der Waals surface area (Å²) in [6, 6.07) is 0. The molecule has 1 rings (SSSR count). The summed E-state index contributed by atoms with van der Waals surface area (Å²) in [6.07, 6.45) is 7.03. The summed E-state index contributed by atoms with van der Waals surface area (Å²) < 4.78 is 0. The maximum absolute atomic E-state index is 11.6. The van der Waals surface area contributed by atoms with Crippen LogP contribution in [0.25, 0.3) is 0 Å². The Morgan fingerprint density at radius 1 is 1.23 bits per heavy atom. The highest BCUT2D eigenvalue weighted by atomic mass is 35.5. The Morgan fingerprint density at radius 3 is 2.38 bits per heavy atom. The normalized spacial score (nSPS) is 19.3. The minimum atomic E-state index is -0.382. The predicted molar refractivity (Wildman–Crippen MR) is 56.3 cm³/mol. The van der Waals surface area contributed by atoms with E-state index < -0.39 is 0 Å². The summed E-state index contributed by atoms with van der Waals surface area (Å²) in [6.45, 7) is 0. The third kappa shape index (κ3) is 4.33. The van der Waals surface area contributed by atoms with Crippen molar-refractivity contribution in [3.63, 3.8) is 0 Å². The molecule has 0 bridgehead atoms. The Morgan fingerprint density at radius 2 is 1.85 bits per heavy atom. The Hall–Kier alpha value is 0.250. The molecule has 0 amide bonds. The highest BCUT2D eigenvalue weighted by Crippen LogP contribution is 2.26. The molecule has 0 spiro atoms. The van der Waals surface area contributed by atoms with E-state index in [9.17, 15) is 4.79 Å². The molecule has 1 aliphatic rings. The summed E-state index contributed by atoms with van der Waals surface area (Å²) in [5.41, 5.74) is 0. The van der Waals surface area contributed by atoms with Gasteiger partial charge in [0, 0.05) is 12.3 Å². The quantitative estimate of drug-likeness (QED) is 0.664. The predicted octanol–water partition coefficient (Wildman–Crippen LogP) is 3.72. The monoisotopic (exact) mass is 222 g/mol. The summed E-state index contributed by atoms with van der Waals surface area (Å²) in [5, 5.41) is 0. The molecule has 1 fully saturated rings. The van der Waals surface area contributed by atoms with Gasteiger partial charge < -0.3 is 0 Å². The van der Waals surface area contributed by atoms with E-state index >= 15 is 0 Å². The first-order valence-corrected chi connectivity index (χ1v) is 5.88. The number of alkyl halides is 2. The Bertz CT molecular complexity index is 162. The zero-order valence-electron chi connectivity index (χ0n) is 7.77. The van der Waals surface area contributed by atoms with E-state index in [1.807, 2.05) is 0 Å². The molecule has 0 aromatic carbocycles. The van der Waals surface area contributed by atoms with Gasteiger partial charge in [0.05, 0.1) is 0 Å². The first-order chi connectivity index (χ1) is 6.20. The maximum Gasteiger partial charge on any atom is 0.136 e. The minimum Gasteiger partial charge on any atom is -0.299 e. The van der Waals surface area contributed by atoms with Gasteiger partial charge in [0.15, 0.2) is 0 Å². The smallest absolute Gasteiger partial charge is 0.136 e. The number of rotatable bonds is 4. The molecule has 0 radical (unpaired) electrons. The summed E-state index contributed by atoms with van der Waals surface area (Å²) in [5.74, 6) is 0.673. The third-order valence-corrected chi connectivity index (χ3v) is 3.11. The van der Waals surface area contributed by atoms with Crippen LogP contribution in [-0.2, 0) is 4.79 Å². The lowest BCUT2D eigenvalue weighted by Crippen LogP contribution is -2.17. The van der Waals surface area contributed by atoms with E-state index in [1.54, 1.807) is 0 Å². The van der Waals surface area contributed by atoms with Crippen LogP contribution in [0.1, 0.15) is 44.9 Å². The van der Waals surface area contributed by atoms with Gasteiger partial charge in [0.1, 0.15) is 10.6 Å². The minimum absolute atomic E-state index is 0.306. The second kappa shape index (κ2) is 5.87. The van der Waals surface area contributed by atoms with Crippen molar-refractivity contribution in [3.05, 3.63) is 0 Å². The van der Waals surface area contributed by atoms with Gasteiger partial charge in [0.25, 0.3) is 0 Å². The highest BCUT2D eigenvalue weighted by Gasteiger charge is 2.20. The van der Waals surface area contributed by atoms with Crippen molar-refractivity contribution < 1.29 is 4.79 Å². The van der Waals surface area contributed by atoms with Crippen molar-refractivity contribution in [2.75, 3.05) is 0 Å². The van der Waals surface area contributed by atoms with Gasteiger partial charge in [0.2, 0.25) is 0 Å². The number of ketones is 1. The molecule has 76 valence electrons. The van der Waals surface area contributed by atoms with Crippen LogP contribution in [0, 0.1) is 5.92 Å². The fourth-order valence-corrected chi connectivity index (χ4v) is 2.10. The first-order valence-electron chi connectivity index (χ1n) is 5.01. The molecule has 0 aliphatic heterocycles. The summed E-state index contributed by atoms with van der Waals surface area (Å²) in [7, 11) is 0. The van der Waals surface area contributed by atoms with E-state index in [0.717, 1.165) is 12.8 Å². The number of Topliss-reactive ketones (excluding diaryl/α,β-unsaturated/α-hetero) is 1. The average molecular weight is 223 g/mol. The lowest BCUT2D eigenvalue weighted by molar-refractivity contribution is -0.123. The molecule has 0 atom stereocenters. The molecule has 13 heavy (non-hydrogen) atoms. The van der Waals surface area contributed by atoms with Crippen LogP contribution in [0.2, 0.25) is 0 Å². The van der Waals surface area contributed by atoms with Crippen molar-refractivity contribution in [2.45, 2.75) is 49.8 Å². The SMILES string of the molecule is O=C(CCC(Cl)Cl)C1CCCCC1. The fourth-order valence-electron chi connectivity index (χ4n) is 1.88. The summed E-state index contributed by atoms with van der Waals surface area (Å²) in [4.78, 5) is 11.2. The second-order valence-corrected chi connectivity index (χ2v) is 5.01. The van der Waals surface area contributed by atoms with Crippen LogP contribution in [-0.4, -0.2) is 10.6 Å². The molecule has 0 aromatic heterocycles. The van der Waals surface area contributed by atoms with Gasteiger partial charge in [-0.05, 0) is 19.3 Å². The third-order valence-electron chi connectivity index (χ3n) is 2.67. The Balaban J connectivity index is 2.21. The second-order valence-electron chi connectivity index (χ2n) is 3.73. The zero-order valence-corrected chi connectivity index (χ0v) is 9.28. The lowest BCUT2D eigenvalue weighted by Gasteiger charge is -2.20. The van der Waals surface area contributed by atoms with Gasteiger partial charge >= 0.3 is 0 Å².